The second kappa shape index (κ2) is 10.8. The largest absolute Gasteiger partial charge is 0.376 e. The number of hydrogen-bond donors (Lipinski definition) is 2. The van der Waals surface area contributed by atoms with Gasteiger partial charge in [-0.1, -0.05) is 6.07 Å². The highest BCUT2D eigenvalue weighted by Gasteiger charge is 2.42. The summed E-state index contributed by atoms with van der Waals surface area (Å²) in [7, 11) is 1.50. The van der Waals surface area contributed by atoms with Gasteiger partial charge in [-0.2, -0.15) is 0 Å². The first-order chi connectivity index (χ1) is 17.5. The van der Waals surface area contributed by atoms with Gasteiger partial charge in [0.25, 0.3) is 0 Å². The number of amides is 1. The molecule has 9 heteroatoms. The SMILES string of the molecule is COCC(=O)Nc1ccc(N2C(=S)N[C@@H](c3ccccn3)[C@H]2c2cccn2C[C@@H]2CCCO2)cc1C. The molecule has 3 atom stereocenters. The Bertz CT molecular complexity index is 1230. The van der Waals surface area contributed by atoms with Crippen molar-refractivity contribution < 1.29 is 14.3 Å². The summed E-state index contributed by atoms with van der Waals surface area (Å²) in [6.45, 7) is 3.62. The minimum atomic E-state index is -0.188. The number of nitrogens with one attached hydrogen (secondary N) is 2. The van der Waals surface area contributed by atoms with E-state index in [9.17, 15) is 4.79 Å². The molecule has 0 unspecified atom stereocenters. The maximum absolute atomic E-state index is 12.0. The number of pyridine rings is 1. The third-order valence-electron chi connectivity index (χ3n) is 6.73. The van der Waals surface area contributed by atoms with E-state index in [-0.39, 0.29) is 30.7 Å². The summed E-state index contributed by atoms with van der Waals surface area (Å²) in [6, 6.07) is 15.9. The highest BCUT2D eigenvalue weighted by Crippen LogP contribution is 2.42. The van der Waals surface area contributed by atoms with Crippen molar-refractivity contribution in [2.24, 2.45) is 0 Å². The number of carbonyl (C=O) groups excluding carboxylic acids is 1. The van der Waals surface area contributed by atoms with E-state index < -0.39 is 0 Å². The predicted octanol–water partition coefficient (Wildman–Crippen LogP) is 4.13. The Labute approximate surface area is 216 Å². The van der Waals surface area contributed by atoms with Gasteiger partial charge in [0.15, 0.2) is 5.11 Å². The second-order valence-electron chi connectivity index (χ2n) is 9.20. The van der Waals surface area contributed by atoms with Gasteiger partial charge in [0.2, 0.25) is 5.91 Å². The third-order valence-corrected chi connectivity index (χ3v) is 7.04. The van der Waals surface area contributed by atoms with Crippen molar-refractivity contribution in [3.8, 4) is 0 Å². The topological polar surface area (TPSA) is 80.7 Å². The van der Waals surface area contributed by atoms with Crippen LogP contribution < -0.4 is 15.5 Å². The Morgan fingerprint density at radius 3 is 2.89 bits per heavy atom. The molecule has 8 nitrogen and oxygen atoms in total. The number of ether oxygens (including phenoxy) is 2. The molecule has 2 aliphatic rings. The van der Waals surface area contributed by atoms with Crippen LogP contribution in [0.3, 0.4) is 0 Å². The number of anilines is 2. The molecule has 2 aromatic heterocycles. The van der Waals surface area contributed by atoms with Gasteiger partial charge < -0.3 is 29.6 Å². The highest BCUT2D eigenvalue weighted by atomic mass is 32.1. The van der Waals surface area contributed by atoms with Crippen LogP contribution in [0.5, 0.6) is 0 Å². The van der Waals surface area contributed by atoms with Gasteiger partial charge in [-0.25, -0.2) is 0 Å². The van der Waals surface area contributed by atoms with E-state index in [1.54, 1.807) is 0 Å². The lowest BCUT2D eigenvalue weighted by atomic mass is 10.0. The van der Waals surface area contributed by atoms with E-state index in [1.807, 2.05) is 43.5 Å². The van der Waals surface area contributed by atoms with Crippen LogP contribution in [0.4, 0.5) is 11.4 Å². The third kappa shape index (κ3) is 5.00. The normalized spacial score (nSPS) is 21.6. The summed E-state index contributed by atoms with van der Waals surface area (Å²) in [5.74, 6) is -0.188. The molecule has 2 aliphatic heterocycles. The summed E-state index contributed by atoms with van der Waals surface area (Å²) < 4.78 is 13.2. The van der Waals surface area contributed by atoms with Crippen molar-refractivity contribution in [2.45, 2.75) is 44.5 Å². The van der Waals surface area contributed by atoms with Crippen LogP contribution in [-0.4, -0.2) is 47.0 Å². The Morgan fingerprint density at radius 1 is 1.28 bits per heavy atom. The van der Waals surface area contributed by atoms with Crippen LogP contribution in [0.15, 0.2) is 60.9 Å². The van der Waals surface area contributed by atoms with Crippen LogP contribution in [0.25, 0.3) is 0 Å². The summed E-state index contributed by atoms with van der Waals surface area (Å²) >= 11 is 5.88. The maximum atomic E-state index is 12.0. The van der Waals surface area contributed by atoms with Crippen LogP contribution in [-0.2, 0) is 20.8 Å². The van der Waals surface area contributed by atoms with Gasteiger partial charge in [-0.15, -0.1) is 0 Å². The zero-order chi connectivity index (χ0) is 25.1. The van der Waals surface area contributed by atoms with E-state index in [4.69, 9.17) is 21.7 Å². The molecule has 5 rings (SSSR count). The van der Waals surface area contributed by atoms with E-state index in [0.29, 0.717) is 5.11 Å². The molecule has 2 fully saturated rings. The number of thiocarbonyl (C=S) groups is 1. The molecular weight excluding hydrogens is 474 g/mol. The zero-order valence-corrected chi connectivity index (χ0v) is 21.3. The fourth-order valence-corrected chi connectivity index (χ4v) is 5.40. The summed E-state index contributed by atoms with van der Waals surface area (Å²) in [5.41, 5.74) is 4.71. The number of aromatic nitrogens is 2. The molecule has 1 aromatic carbocycles. The maximum Gasteiger partial charge on any atom is 0.250 e. The van der Waals surface area contributed by atoms with Crippen molar-refractivity contribution in [1.82, 2.24) is 14.9 Å². The molecule has 1 amide bonds. The molecule has 2 saturated heterocycles. The van der Waals surface area contributed by atoms with Crippen molar-refractivity contribution in [3.05, 3.63) is 77.9 Å². The first-order valence-corrected chi connectivity index (χ1v) is 12.6. The van der Waals surface area contributed by atoms with Gasteiger partial charge >= 0.3 is 0 Å². The number of nitrogens with zero attached hydrogens (tertiary/aromatic N) is 3. The van der Waals surface area contributed by atoms with Gasteiger partial charge in [0.1, 0.15) is 12.6 Å². The Balaban J connectivity index is 1.51. The molecular formula is C27H31N5O3S. The number of rotatable bonds is 8. The summed E-state index contributed by atoms with van der Waals surface area (Å²) in [4.78, 5) is 18.9. The standard InChI is InChI=1S/C27H31N5O3S/c1-18-15-19(10-11-21(18)29-24(33)17-34-2)32-26(25(30-27(32)36)22-8-3-4-12-28-22)23-9-5-13-31(23)16-20-7-6-14-35-20/h3-5,8-13,15,20,25-26H,6-7,14,16-17H2,1-2H3,(H,29,33)(H,30,36)/t20-,25-,26+/m0/s1. The lowest BCUT2D eigenvalue weighted by molar-refractivity contribution is -0.119. The molecule has 0 aliphatic carbocycles. The molecule has 4 heterocycles. The predicted molar refractivity (Wildman–Crippen MR) is 143 cm³/mol. The van der Waals surface area contributed by atoms with Crippen LogP contribution >= 0.6 is 12.2 Å². The Hall–Kier alpha value is -3.27. The van der Waals surface area contributed by atoms with E-state index in [1.165, 1.54) is 7.11 Å². The Kier molecular flexibility index (Phi) is 7.31. The second-order valence-corrected chi connectivity index (χ2v) is 9.58. The summed E-state index contributed by atoms with van der Waals surface area (Å²) in [6.07, 6.45) is 6.32. The van der Waals surface area contributed by atoms with E-state index >= 15 is 0 Å². The monoisotopic (exact) mass is 505 g/mol. The number of hydrogen-bond acceptors (Lipinski definition) is 5. The average molecular weight is 506 g/mol. The van der Waals surface area contributed by atoms with Crippen molar-refractivity contribution in [3.63, 3.8) is 0 Å². The summed E-state index contributed by atoms with van der Waals surface area (Å²) in [5, 5.41) is 7.06. The minimum Gasteiger partial charge on any atom is -0.376 e. The molecule has 0 spiro atoms. The highest BCUT2D eigenvalue weighted by molar-refractivity contribution is 7.80. The fourth-order valence-electron chi connectivity index (χ4n) is 5.06. The average Bonchev–Trinajstić information content (AvgIpc) is 3.62. The van der Waals surface area contributed by atoms with Crippen molar-refractivity contribution >= 4 is 34.6 Å². The molecule has 2 N–H and O–H groups in total. The molecule has 36 heavy (non-hydrogen) atoms. The first kappa shape index (κ1) is 24.4. The first-order valence-electron chi connectivity index (χ1n) is 12.2. The Morgan fingerprint density at radius 2 is 2.17 bits per heavy atom. The molecule has 0 bridgehead atoms. The van der Waals surface area contributed by atoms with Crippen LogP contribution in [0, 0.1) is 6.92 Å². The smallest absolute Gasteiger partial charge is 0.250 e. The van der Waals surface area contributed by atoms with Crippen LogP contribution in [0.1, 0.15) is 41.9 Å². The number of aryl methyl sites for hydroxylation is 1. The van der Waals surface area contributed by atoms with Crippen LogP contribution in [0.2, 0.25) is 0 Å². The van der Waals surface area contributed by atoms with Gasteiger partial charge in [-0.3, -0.25) is 9.78 Å². The zero-order valence-electron chi connectivity index (χ0n) is 20.5. The van der Waals surface area contributed by atoms with Crippen molar-refractivity contribution in [1.29, 1.82) is 0 Å². The number of methoxy groups -OCH3 is 1. The fraction of sp³-hybridized carbons (Fsp3) is 0.370. The molecule has 188 valence electrons. The van der Waals surface area contributed by atoms with Gasteiger partial charge in [0.05, 0.1) is 17.8 Å². The van der Waals surface area contributed by atoms with Crippen molar-refractivity contribution in [2.75, 3.05) is 30.5 Å². The molecule has 0 saturated carbocycles. The van der Waals surface area contributed by atoms with Gasteiger partial charge in [-0.05, 0) is 80.0 Å². The lowest BCUT2D eigenvalue weighted by Crippen LogP contribution is -2.31. The number of benzene rings is 1. The quantitative estimate of drug-likeness (QED) is 0.446. The van der Waals surface area contributed by atoms with E-state index in [0.717, 1.165) is 54.3 Å². The molecule has 3 aromatic rings. The van der Waals surface area contributed by atoms with E-state index in [2.05, 4.69) is 49.5 Å². The van der Waals surface area contributed by atoms with Gasteiger partial charge in [0, 0.05) is 49.7 Å². The minimum absolute atomic E-state index is 0.0108. The lowest BCUT2D eigenvalue weighted by Gasteiger charge is -2.30. The molecule has 0 radical (unpaired) electrons. The number of carbonyl (C=O) groups is 1.